The van der Waals surface area contributed by atoms with E-state index in [2.05, 4.69) is 43.2 Å². The predicted molar refractivity (Wildman–Crippen MR) is 86.2 cm³/mol. The Balaban J connectivity index is 2.00. The first-order valence-corrected chi connectivity index (χ1v) is 8.08. The smallest absolute Gasteiger partial charge is 0.128 e. The molecule has 3 heteroatoms. The highest BCUT2D eigenvalue weighted by Crippen LogP contribution is 2.25. The number of hydrogen-bond donors (Lipinski definition) is 1. The summed E-state index contributed by atoms with van der Waals surface area (Å²) in [4.78, 5) is 7.05. The van der Waals surface area contributed by atoms with Crippen LogP contribution in [0.1, 0.15) is 50.3 Å². The summed E-state index contributed by atoms with van der Waals surface area (Å²) in [5.41, 5.74) is 2.45. The quantitative estimate of drug-likeness (QED) is 0.861. The van der Waals surface area contributed by atoms with Gasteiger partial charge >= 0.3 is 0 Å². The largest absolute Gasteiger partial charge is 0.359 e. The van der Waals surface area contributed by atoms with Gasteiger partial charge in [-0.15, -0.1) is 0 Å². The summed E-state index contributed by atoms with van der Waals surface area (Å²) < 4.78 is 0. The Morgan fingerprint density at radius 2 is 2.00 bits per heavy atom. The standard InChI is InChI=1S/C17H29N3/c1-4-18-12-16-10-14(2)19-17(11-16)20(3)13-15-8-6-5-7-9-15/h10-11,15,18H,4-9,12-13H2,1-3H3. The molecule has 0 amide bonds. The summed E-state index contributed by atoms with van der Waals surface area (Å²) in [6.45, 7) is 7.33. The van der Waals surface area contributed by atoms with Crippen LogP contribution in [-0.4, -0.2) is 25.1 Å². The molecule has 1 heterocycles. The lowest BCUT2D eigenvalue weighted by Crippen LogP contribution is -2.27. The highest BCUT2D eigenvalue weighted by atomic mass is 15.2. The highest BCUT2D eigenvalue weighted by molar-refractivity contribution is 5.42. The number of nitrogens with one attached hydrogen (secondary N) is 1. The summed E-state index contributed by atoms with van der Waals surface area (Å²) in [5, 5.41) is 3.39. The number of anilines is 1. The molecule has 0 radical (unpaired) electrons. The first kappa shape index (κ1) is 15.3. The maximum Gasteiger partial charge on any atom is 0.128 e. The van der Waals surface area contributed by atoms with Crippen LogP contribution in [-0.2, 0) is 6.54 Å². The van der Waals surface area contributed by atoms with Crippen molar-refractivity contribution >= 4 is 5.82 Å². The van der Waals surface area contributed by atoms with E-state index in [1.807, 2.05) is 0 Å². The molecular weight excluding hydrogens is 246 g/mol. The Morgan fingerprint density at radius 1 is 1.25 bits per heavy atom. The molecule has 1 aliphatic rings. The van der Waals surface area contributed by atoms with Gasteiger partial charge in [-0.05, 0) is 49.9 Å². The van der Waals surface area contributed by atoms with Crippen molar-refractivity contribution in [1.29, 1.82) is 0 Å². The van der Waals surface area contributed by atoms with Crippen molar-refractivity contribution in [1.82, 2.24) is 10.3 Å². The lowest BCUT2D eigenvalue weighted by Gasteiger charge is -2.28. The predicted octanol–water partition coefficient (Wildman–Crippen LogP) is 3.52. The maximum absolute atomic E-state index is 4.71. The second kappa shape index (κ2) is 7.63. The molecular formula is C17H29N3. The summed E-state index contributed by atoms with van der Waals surface area (Å²) in [5.74, 6) is 1.98. The van der Waals surface area contributed by atoms with Gasteiger partial charge in [0.25, 0.3) is 0 Å². The van der Waals surface area contributed by atoms with Gasteiger partial charge in [-0.25, -0.2) is 4.98 Å². The van der Waals surface area contributed by atoms with Crippen molar-refractivity contribution in [2.24, 2.45) is 5.92 Å². The third-order valence-electron chi connectivity index (χ3n) is 4.23. The SMILES string of the molecule is CCNCc1cc(C)nc(N(C)CC2CCCCC2)c1. The number of hydrogen-bond acceptors (Lipinski definition) is 3. The van der Waals surface area contributed by atoms with Crippen LogP contribution < -0.4 is 10.2 Å². The summed E-state index contributed by atoms with van der Waals surface area (Å²) in [7, 11) is 2.19. The molecule has 1 N–H and O–H groups in total. The van der Waals surface area contributed by atoms with Crippen LogP contribution in [0.4, 0.5) is 5.82 Å². The number of pyridine rings is 1. The third kappa shape index (κ3) is 4.48. The van der Waals surface area contributed by atoms with Crippen LogP contribution >= 0.6 is 0 Å². The molecule has 0 saturated heterocycles. The van der Waals surface area contributed by atoms with Crippen molar-refractivity contribution < 1.29 is 0 Å². The summed E-state index contributed by atoms with van der Waals surface area (Å²) in [6, 6.07) is 4.42. The van der Waals surface area contributed by atoms with Gasteiger partial charge in [0.15, 0.2) is 0 Å². The molecule has 1 fully saturated rings. The molecule has 0 bridgehead atoms. The molecule has 0 aromatic carbocycles. The van der Waals surface area contributed by atoms with Gasteiger partial charge in [0.1, 0.15) is 5.82 Å². The first-order valence-electron chi connectivity index (χ1n) is 8.08. The van der Waals surface area contributed by atoms with Crippen molar-refractivity contribution in [2.45, 2.75) is 52.5 Å². The monoisotopic (exact) mass is 275 g/mol. The van der Waals surface area contributed by atoms with E-state index in [-0.39, 0.29) is 0 Å². The number of aryl methyl sites for hydroxylation is 1. The van der Waals surface area contributed by atoms with Crippen LogP contribution in [0.5, 0.6) is 0 Å². The Bertz CT molecular complexity index is 411. The molecule has 112 valence electrons. The number of aromatic nitrogens is 1. The Morgan fingerprint density at radius 3 is 2.70 bits per heavy atom. The lowest BCUT2D eigenvalue weighted by molar-refractivity contribution is 0.361. The number of rotatable bonds is 6. The minimum Gasteiger partial charge on any atom is -0.359 e. The molecule has 0 unspecified atom stereocenters. The molecule has 0 atom stereocenters. The maximum atomic E-state index is 4.71. The zero-order valence-corrected chi connectivity index (χ0v) is 13.3. The van der Waals surface area contributed by atoms with E-state index in [4.69, 9.17) is 4.98 Å². The normalized spacial score (nSPS) is 16.4. The van der Waals surface area contributed by atoms with Crippen LogP contribution in [0, 0.1) is 12.8 Å². The van der Waals surface area contributed by atoms with Crippen molar-refractivity contribution in [3.05, 3.63) is 23.4 Å². The van der Waals surface area contributed by atoms with E-state index in [0.29, 0.717) is 0 Å². The van der Waals surface area contributed by atoms with Crippen LogP contribution in [0.2, 0.25) is 0 Å². The summed E-state index contributed by atoms with van der Waals surface area (Å²) in [6.07, 6.45) is 7.02. The van der Waals surface area contributed by atoms with Gasteiger partial charge in [0, 0.05) is 25.8 Å². The third-order valence-corrected chi connectivity index (χ3v) is 4.23. The molecule has 1 aromatic heterocycles. The van der Waals surface area contributed by atoms with Crippen molar-refractivity contribution in [3.63, 3.8) is 0 Å². The van der Waals surface area contributed by atoms with Crippen LogP contribution in [0.15, 0.2) is 12.1 Å². The fourth-order valence-corrected chi connectivity index (χ4v) is 3.14. The second-order valence-electron chi connectivity index (χ2n) is 6.14. The molecule has 0 spiro atoms. The molecule has 1 aromatic rings. The van der Waals surface area contributed by atoms with Gasteiger partial charge in [-0.3, -0.25) is 0 Å². The van der Waals surface area contributed by atoms with E-state index >= 15 is 0 Å². The van der Waals surface area contributed by atoms with Gasteiger partial charge in [-0.1, -0.05) is 26.2 Å². The average Bonchev–Trinajstić information content (AvgIpc) is 2.45. The lowest BCUT2D eigenvalue weighted by atomic mass is 9.89. The van der Waals surface area contributed by atoms with E-state index in [0.717, 1.165) is 37.1 Å². The van der Waals surface area contributed by atoms with Gasteiger partial charge in [0.2, 0.25) is 0 Å². The summed E-state index contributed by atoms with van der Waals surface area (Å²) >= 11 is 0. The fraction of sp³-hybridized carbons (Fsp3) is 0.706. The van der Waals surface area contributed by atoms with E-state index in [1.165, 1.54) is 37.7 Å². The second-order valence-corrected chi connectivity index (χ2v) is 6.14. The molecule has 3 nitrogen and oxygen atoms in total. The molecule has 0 aliphatic heterocycles. The number of nitrogens with zero attached hydrogens (tertiary/aromatic N) is 2. The molecule has 2 rings (SSSR count). The van der Waals surface area contributed by atoms with Gasteiger partial charge in [0.05, 0.1) is 0 Å². The molecule has 1 saturated carbocycles. The fourth-order valence-electron chi connectivity index (χ4n) is 3.14. The van der Waals surface area contributed by atoms with E-state index in [1.54, 1.807) is 0 Å². The Labute approximate surface area is 123 Å². The molecule has 20 heavy (non-hydrogen) atoms. The average molecular weight is 275 g/mol. The van der Waals surface area contributed by atoms with E-state index in [9.17, 15) is 0 Å². The zero-order valence-electron chi connectivity index (χ0n) is 13.3. The van der Waals surface area contributed by atoms with Gasteiger partial charge < -0.3 is 10.2 Å². The van der Waals surface area contributed by atoms with Gasteiger partial charge in [-0.2, -0.15) is 0 Å². The minimum atomic E-state index is 0.855. The Kier molecular flexibility index (Phi) is 5.84. The molecule has 1 aliphatic carbocycles. The van der Waals surface area contributed by atoms with E-state index < -0.39 is 0 Å². The van der Waals surface area contributed by atoms with Crippen LogP contribution in [0.25, 0.3) is 0 Å². The van der Waals surface area contributed by atoms with Crippen LogP contribution in [0.3, 0.4) is 0 Å². The first-order chi connectivity index (χ1) is 9.69. The Hall–Kier alpha value is -1.09. The topological polar surface area (TPSA) is 28.2 Å². The van der Waals surface area contributed by atoms with Crippen molar-refractivity contribution in [2.75, 3.05) is 25.0 Å². The highest BCUT2D eigenvalue weighted by Gasteiger charge is 2.16. The van der Waals surface area contributed by atoms with Crippen molar-refractivity contribution in [3.8, 4) is 0 Å². The minimum absolute atomic E-state index is 0.855. The zero-order chi connectivity index (χ0) is 14.4.